The first-order valence-corrected chi connectivity index (χ1v) is 37.4. The second-order valence-corrected chi connectivity index (χ2v) is 27.9. The van der Waals surface area contributed by atoms with E-state index in [0.29, 0.717) is 37.7 Å². The van der Waals surface area contributed by atoms with E-state index in [1.807, 2.05) is 0 Å². The highest BCUT2D eigenvalue weighted by Crippen LogP contribution is 2.28. The topological polar surface area (TPSA) is 549 Å². The van der Waals surface area contributed by atoms with E-state index in [2.05, 4.69) is 88.7 Å². The predicted octanol–water partition coefficient (Wildman–Crippen LogP) is -5.45. The van der Waals surface area contributed by atoms with Crippen LogP contribution >= 0.6 is 25.3 Å². The number of guanidine groups is 1. The number of unbranched alkanes of at least 4 members (excludes halogenated alkanes) is 2. The fourth-order valence-corrected chi connectivity index (χ4v) is 13.4. The third kappa shape index (κ3) is 25.7. The number of carboxylic acid groups (broad SMARTS) is 1. The minimum Gasteiger partial charge on any atom is -0.481 e. The van der Waals surface area contributed by atoms with E-state index in [1.54, 1.807) is 58.0 Å². The SMILES string of the molecule is CC[C@H](C)[C@@H]1NC(=O)[C@@H]2CCCN2C(=O)[C@@H]2CCCN2C(=O)[C@H]([C@@H](C)CC)NC(=O)[C@H](CO)NC(=O)[C@H](CCCCN)NC(=O)[C@H]([C@@H](C)O)NC(=O)[C@H](CS)NC(=O)[C@H](CCCCN=C(N)N)NC(=O)CNC(=O)[C@H](CC(=O)O)NC(=O)[C@@H]2CCCN2C(=O)[C@H](Cc2ccccc2)NC(=O)[C@H](CS)NC1=O. The zero-order valence-electron chi connectivity index (χ0n) is 60.7. The molecule has 1 aromatic carbocycles. The van der Waals surface area contributed by atoms with Crippen molar-refractivity contribution in [2.24, 2.45) is 34.0 Å². The highest BCUT2D eigenvalue weighted by atomic mass is 32.1. The Morgan fingerprint density at radius 1 is 0.519 bits per heavy atom. The molecule has 4 fully saturated rings. The Labute approximate surface area is 626 Å². The van der Waals surface area contributed by atoms with E-state index in [4.69, 9.17) is 17.2 Å². The first-order chi connectivity index (χ1) is 50.4. The minimum atomic E-state index is -1.86. The molecule has 0 spiro atoms. The van der Waals surface area contributed by atoms with E-state index in [1.165, 1.54) is 14.7 Å². The molecule has 4 aliphatic heterocycles. The Kier molecular flexibility index (Phi) is 36.2. The number of benzene rings is 1. The molecular formula is C68H108N18O18S2. The normalized spacial score (nSPS) is 27.8. The Hall–Kier alpha value is -8.88. The van der Waals surface area contributed by atoms with Crippen LogP contribution in [0.4, 0.5) is 0 Å². The van der Waals surface area contributed by atoms with Gasteiger partial charge in [-0.05, 0) is 108 Å². The number of nitrogens with one attached hydrogen (secondary N) is 11. The summed E-state index contributed by atoms with van der Waals surface area (Å²) in [5.41, 5.74) is 17.3. The molecule has 14 amide bonds. The highest BCUT2D eigenvalue weighted by molar-refractivity contribution is 7.80. The van der Waals surface area contributed by atoms with E-state index in [9.17, 15) is 87.2 Å². The maximum atomic E-state index is 14.9. The number of aliphatic carboxylic acids is 1. The van der Waals surface area contributed by atoms with Crippen LogP contribution in [0.2, 0.25) is 0 Å². The second kappa shape index (κ2) is 43.7. The van der Waals surface area contributed by atoms with Crippen LogP contribution in [0.25, 0.3) is 0 Å². The Morgan fingerprint density at radius 2 is 0.962 bits per heavy atom. The van der Waals surface area contributed by atoms with Crippen LogP contribution in [0.3, 0.4) is 0 Å². The van der Waals surface area contributed by atoms with Crippen LogP contribution in [0.1, 0.15) is 136 Å². The van der Waals surface area contributed by atoms with Crippen molar-refractivity contribution in [2.45, 2.75) is 222 Å². The van der Waals surface area contributed by atoms with E-state index >= 15 is 0 Å². The molecular weight excluding hydrogens is 1420 g/mol. The molecule has 0 bridgehead atoms. The summed E-state index contributed by atoms with van der Waals surface area (Å²) < 4.78 is 0. The molecule has 0 aliphatic carbocycles. The number of fused-ring (bicyclic) bond motifs is 3. The van der Waals surface area contributed by atoms with Gasteiger partial charge in [0.05, 0.1) is 25.7 Å². The van der Waals surface area contributed by atoms with Gasteiger partial charge in [0.15, 0.2) is 5.96 Å². The fraction of sp³-hybridized carbons (Fsp3) is 0.676. The third-order valence-electron chi connectivity index (χ3n) is 19.3. The van der Waals surface area contributed by atoms with Gasteiger partial charge in [-0.15, -0.1) is 0 Å². The molecule has 16 atom stereocenters. The average Bonchev–Trinajstić information content (AvgIpc) is 1.63. The summed E-state index contributed by atoms with van der Waals surface area (Å²) in [5, 5.41) is 59.3. The molecule has 38 heteroatoms. The molecule has 4 heterocycles. The second-order valence-electron chi connectivity index (χ2n) is 27.2. The highest BCUT2D eigenvalue weighted by Gasteiger charge is 2.47. The van der Waals surface area contributed by atoms with Crippen molar-refractivity contribution < 1.29 is 87.2 Å². The Bertz CT molecular complexity index is 3280. The van der Waals surface area contributed by atoms with Gasteiger partial charge in [-0.3, -0.25) is 76.9 Å². The molecule has 590 valence electrons. The van der Waals surface area contributed by atoms with Gasteiger partial charge < -0.3 is 106 Å². The monoisotopic (exact) mass is 1530 g/mol. The smallest absolute Gasteiger partial charge is 0.305 e. The first-order valence-electron chi connectivity index (χ1n) is 36.2. The number of amides is 14. The molecule has 0 unspecified atom stereocenters. The van der Waals surface area contributed by atoms with Gasteiger partial charge in [-0.25, -0.2) is 0 Å². The summed E-state index contributed by atoms with van der Waals surface area (Å²) in [6.07, 6.45) is -0.196. The number of aliphatic imine (C=N–C) groups is 1. The largest absolute Gasteiger partial charge is 0.481 e. The van der Waals surface area contributed by atoms with Crippen LogP contribution in [0.5, 0.6) is 0 Å². The lowest BCUT2D eigenvalue weighted by Gasteiger charge is -2.35. The van der Waals surface area contributed by atoms with Gasteiger partial charge in [-0.1, -0.05) is 70.9 Å². The lowest BCUT2D eigenvalue weighted by atomic mass is 9.96. The summed E-state index contributed by atoms with van der Waals surface area (Å²) >= 11 is 8.64. The molecule has 0 radical (unpaired) electrons. The summed E-state index contributed by atoms with van der Waals surface area (Å²) in [5.74, 6) is -16.6. The van der Waals surface area contributed by atoms with E-state index in [0.717, 1.165) is 6.92 Å². The van der Waals surface area contributed by atoms with Crippen LogP contribution in [0.15, 0.2) is 35.3 Å². The number of carbonyl (C=O) groups is 15. The fourth-order valence-electron chi connectivity index (χ4n) is 12.9. The minimum absolute atomic E-state index is 0.0156. The van der Waals surface area contributed by atoms with Crippen molar-refractivity contribution in [3.05, 3.63) is 35.9 Å². The molecule has 4 aliphatic rings. The van der Waals surface area contributed by atoms with Crippen molar-refractivity contribution in [3.63, 3.8) is 0 Å². The lowest BCUT2D eigenvalue weighted by molar-refractivity contribution is -0.149. The van der Waals surface area contributed by atoms with Gasteiger partial charge >= 0.3 is 5.97 Å². The zero-order valence-corrected chi connectivity index (χ0v) is 62.5. The van der Waals surface area contributed by atoms with Crippen molar-refractivity contribution in [3.8, 4) is 0 Å². The van der Waals surface area contributed by atoms with Crippen molar-refractivity contribution in [1.82, 2.24) is 73.2 Å². The average molecular weight is 1530 g/mol. The number of aliphatic hydroxyl groups excluding tert-OH is 2. The van der Waals surface area contributed by atoms with Gasteiger partial charge in [-0.2, -0.15) is 25.3 Å². The summed E-state index contributed by atoms with van der Waals surface area (Å²) in [4.78, 5) is 221. The Balaban J connectivity index is 1.53. The summed E-state index contributed by atoms with van der Waals surface area (Å²) in [7, 11) is 0. The van der Waals surface area contributed by atoms with Gasteiger partial charge in [0.2, 0.25) is 82.7 Å². The number of hydrogen-bond acceptors (Lipinski definition) is 21. The molecule has 5 rings (SSSR count). The standard InChI is InChI=1S/C68H108N18O18S2/c1-6-36(3)52-63(100)80-45(34-105)59(96)77-43(30-39-18-9-8-10-19-39)65(102)84-27-15-22-47(84)61(98)76-42(31-51(90)91)55(92)73-32-50(89)74-40(21-12-14-26-72-68(70)71)56(93)79-46(35-106)60(97)83-54(38(5)88)64(101)75-41(20-11-13-25-69)57(94)78-44(33-87)58(95)82-53(37(4)7-2)67(104)86-29-17-24-49(86)66(103)85-28-16-23-48(85)62(99)81-52/h8-10,18-19,36-38,40-49,52-54,87-88,105-106H,6-7,11-17,20-35,69H2,1-5H3,(H,73,92)(H,74,89)(H,75,101)(H,76,98)(H,77,96)(H,78,94)(H,79,93)(H,80,100)(H,81,99)(H,82,95)(H,83,97)(H,90,91)(H4,70,71,72)/t36-,37-,38+,40-,41-,42-,43-,44-,45-,46-,47-,48-,49-,52-,53-,54-/m0/s1. The van der Waals surface area contributed by atoms with Crippen LogP contribution in [-0.4, -0.2) is 267 Å². The molecule has 20 N–H and O–H groups in total. The Morgan fingerprint density at radius 3 is 1.51 bits per heavy atom. The van der Waals surface area contributed by atoms with E-state index < -0.39 is 210 Å². The van der Waals surface area contributed by atoms with Gasteiger partial charge in [0.25, 0.3) is 0 Å². The maximum absolute atomic E-state index is 14.9. The molecule has 1 aromatic rings. The quantitative estimate of drug-likeness (QED) is 0.0236. The number of nitrogens with zero attached hydrogens (tertiary/aromatic N) is 4. The van der Waals surface area contributed by atoms with Gasteiger partial charge in [0, 0.05) is 44.1 Å². The number of thiol groups is 2. The number of nitrogens with two attached hydrogens (primary N) is 3. The first kappa shape index (κ1) is 87.8. The van der Waals surface area contributed by atoms with Crippen LogP contribution < -0.4 is 75.7 Å². The number of rotatable bonds is 21. The summed E-state index contributed by atoms with van der Waals surface area (Å²) in [6, 6.07) is -10.7. The maximum Gasteiger partial charge on any atom is 0.305 e. The zero-order chi connectivity index (χ0) is 78.5. The summed E-state index contributed by atoms with van der Waals surface area (Å²) in [6.45, 7) is 6.48. The van der Waals surface area contributed by atoms with Crippen LogP contribution in [-0.2, 0) is 78.3 Å². The van der Waals surface area contributed by atoms with Crippen molar-refractivity contribution in [1.29, 1.82) is 0 Å². The number of carbonyl (C=O) groups excluding carboxylic acids is 14. The van der Waals surface area contributed by atoms with E-state index in [-0.39, 0.29) is 109 Å². The molecule has 0 aromatic heterocycles. The molecule has 4 saturated heterocycles. The molecule has 0 saturated carbocycles. The van der Waals surface area contributed by atoms with Crippen molar-refractivity contribution >= 4 is 120 Å². The number of aliphatic hydroxyl groups is 2. The van der Waals surface area contributed by atoms with Crippen LogP contribution in [0, 0.1) is 11.8 Å². The molecule has 36 nitrogen and oxygen atoms in total. The number of carboxylic acids is 1. The van der Waals surface area contributed by atoms with Crippen molar-refractivity contribution in [2.75, 3.05) is 57.4 Å². The van der Waals surface area contributed by atoms with Gasteiger partial charge in [0.1, 0.15) is 78.5 Å². The lowest BCUT2D eigenvalue weighted by Crippen LogP contribution is -2.63. The number of hydrogen-bond donors (Lipinski definition) is 19. The third-order valence-corrected chi connectivity index (χ3v) is 20.1. The molecule has 106 heavy (non-hydrogen) atoms. The predicted molar refractivity (Wildman–Crippen MR) is 392 cm³/mol.